The van der Waals surface area contributed by atoms with E-state index in [2.05, 4.69) is 6.92 Å². The summed E-state index contributed by atoms with van der Waals surface area (Å²) in [4.78, 5) is 25.0. The van der Waals surface area contributed by atoms with E-state index in [1.54, 1.807) is 24.7 Å². The summed E-state index contributed by atoms with van der Waals surface area (Å²) in [6.45, 7) is 4.17. The standard InChI is InChI=1S/C24H41FN2O3/c1-4-6-7-8-9-10-11-12-13-14-15-16-21-17-27(18-22(21)25)19-23(28)26(3)20-24(29)30-5-2/h17-18H,4-16,19-20H2,1-3H3. The summed E-state index contributed by atoms with van der Waals surface area (Å²) in [7, 11) is 1.55. The monoisotopic (exact) mass is 424 g/mol. The highest BCUT2D eigenvalue weighted by molar-refractivity contribution is 5.81. The van der Waals surface area contributed by atoms with Crippen molar-refractivity contribution in [2.24, 2.45) is 0 Å². The van der Waals surface area contributed by atoms with Crippen molar-refractivity contribution < 1.29 is 18.7 Å². The van der Waals surface area contributed by atoms with Gasteiger partial charge >= 0.3 is 5.97 Å². The number of carbonyl (C=O) groups is 2. The zero-order valence-electron chi connectivity index (χ0n) is 19.3. The Kier molecular flexibility index (Phi) is 13.9. The first-order chi connectivity index (χ1) is 14.5. The van der Waals surface area contributed by atoms with Crippen molar-refractivity contribution in [3.63, 3.8) is 0 Å². The van der Waals surface area contributed by atoms with Gasteiger partial charge in [0.05, 0.1) is 6.61 Å². The van der Waals surface area contributed by atoms with Crippen LogP contribution in [0.25, 0.3) is 0 Å². The van der Waals surface area contributed by atoms with E-state index < -0.39 is 5.97 Å². The number of aromatic nitrogens is 1. The Morgan fingerprint density at radius 2 is 1.50 bits per heavy atom. The smallest absolute Gasteiger partial charge is 0.325 e. The molecule has 1 aromatic heterocycles. The van der Waals surface area contributed by atoms with E-state index in [-0.39, 0.29) is 31.4 Å². The molecule has 0 bridgehead atoms. The number of aryl methyl sites for hydroxylation is 1. The molecule has 1 rings (SSSR count). The molecule has 6 heteroatoms. The second-order valence-corrected chi connectivity index (χ2v) is 8.14. The molecule has 30 heavy (non-hydrogen) atoms. The maximum absolute atomic E-state index is 14.2. The molecule has 5 nitrogen and oxygen atoms in total. The van der Waals surface area contributed by atoms with Gasteiger partial charge in [-0.05, 0) is 19.8 Å². The zero-order chi connectivity index (χ0) is 22.2. The van der Waals surface area contributed by atoms with Gasteiger partial charge in [-0.3, -0.25) is 9.59 Å². The third-order valence-corrected chi connectivity index (χ3v) is 5.37. The van der Waals surface area contributed by atoms with Crippen molar-refractivity contribution in [2.75, 3.05) is 20.2 Å². The van der Waals surface area contributed by atoms with Crippen molar-refractivity contribution >= 4 is 11.9 Å². The van der Waals surface area contributed by atoms with E-state index in [0.717, 1.165) is 12.8 Å². The number of esters is 1. The van der Waals surface area contributed by atoms with Crippen molar-refractivity contribution in [3.8, 4) is 0 Å². The molecule has 0 aliphatic rings. The summed E-state index contributed by atoms with van der Waals surface area (Å²) in [5.41, 5.74) is 0.659. The highest BCUT2D eigenvalue weighted by Crippen LogP contribution is 2.15. The molecule has 0 atom stereocenters. The first-order valence-corrected chi connectivity index (χ1v) is 11.7. The molecule has 0 fully saturated rings. The van der Waals surface area contributed by atoms with Crippen LogP contribution in [0.3, 0.4) is 0 Å². The normalized spacial score (nSPS) is 10.9. The van der Waals surface area contributed by atoms with Gasteiger partial charge in [0.1, 0.15) is 18.9 Å². The molecule has 0 radical (unpaired) electrons. The van der Waals surface area contributed by atoms with Crippen molar-refractivity contribution in [1.82, 2.24) is 9.47 Å². The number of nitrogens with zero attached hydrogens (tertiary/aromatic N) is 2. The van der Waals surface area contributed by atoms with Gasteiger partial charge in [-0.1, -0.05) is 71.1 Å². The maximum atomic E-state index is 14.2. The van der Waals surface area contributed by atoms with Gasteiger partial charge < -0.3 is 14.2 Å². The van der Waals surface area contributed by atoms with Gasteiger partial charge in [0.15, 0.2) is 0 Å². The van der Waals surface area contributed by atoms with E-state index in [9.17, 15) is 14.0 Å². The van der Waals surface area contributed by atoms with Gasteiger partial charge in [-0.25, -0.2) is 4.39 Å². The molecule has 0 saturated heterocycles. The van der Waals surface area contributed by atoms with Crippen LogP contribution in [0.2, 0.25) is 0 Å². The average Bonchev–Trinajstić information content (AvgIpc) is 3.05. The van der Waals surface area contributed by atoms with Crippen LogP contribution in [0.1, 0.15) is 90.0 Å². The van der Waals surface area contributed by atoms with Crippen molar-refractivity contribution in [2.45, 2.75) is 97.4 Å². The van der Waals surface area contributed by atoms with E-state index >= 15 is 0 Å². The molecule has 0 spiro atoms. The number of likely N-dealkylation sites (N-methyl/N-ethyl adjacent to an activating group) is 1. The lowest BCUT2D eigenvalue weighted by Crippen LogP contribution is -2.35. The van der Waals surface area contributed by atoms with Gasteiger partial charge in [0, 0.05) is 25.0 Å². The number of rotatable bonds is 17. The SMILES string of the molecule is CCCCCCCCCCCCCc1cn(CC(=O)N(C)CC(=O)OCC)cc1F. The number of unbranched alkanes of at least 4 members (excludes halogenated alkanes) is 10. The first-order valence-electron chi connectivity index (χ1n) is 11.7. The van der Waals surface area contributed by atoms with E-state index in [4.69, 9.17) is 4.74 Å². The molecule has 1 amide bonds. The van der Waals surface area contributed by atoms with Crippen LogP contribution in [-0.4, -0.2) is 41.5 Å². The topological polar surface area (TPSA) is 51.5 Å². The molecule has 1 aromatic rings. The fourth-order valence-electron chi connectivity index (χ4n) is 3.55. The van der Waals surface area contributed by atoms with Gasteiger partial charge in [-0.15, -0.1) is 0 Å². The Morgan fingerprint density at radius 1 is 0.933 bits per heavy atom. The molecule has 172 valence electrons. The third-order valence-electron chi connectivity index (χ3n) is 5.37. The van der Waals surface area contributed by atoms with Crippen LogP contribution in [-0.2, 0) is 27.3 Å². The fraction of sp³-hybridized carbons (Fsp3) is 0.750. The van der Waals surface area contributed by atoms with E-state index in [1.165, 1.54) is 68.9 Å². The zero-order valence-corrected chi connectivity index (χ0v) is 19.3. The maximum Gasteiger partial charge on any atom is 0.325 e. The Hall–Kier alpha value is -1.85. The summed E-state index contributed by atoms with van der Waals surface area (Å²) in [5.74, 6) is -0.952. The Balaban J connectivity index is 2.20. The lowest BCUT2D eigenvalue weighted by Gasteiger charge is -2.16. The summed E-state index contributed by atoms with van der Waals surface area (Å²) in [6.07, 6.45) is 17.7. The minimum atomic E-state index is -0.441. The summed E-state index contributed by atoms with van der Waals surface area (Å²) in [6, 6.07) is 0. The largest absolute Gasteiger partial charge is 0.465 e. The molecule has 0 aliphatic heterocycles. The second kappa shape index (κ2) is 15.9. The van der Waals surface area contributed by atoms with Crippen LogP contribution >= 0.6 is 0 Å². The molecule has 0 unspecified atom stereocenters. The van der Waals surface area contributed by atoms with Crippen LogP contribution in [0.15, 0.2) is 12.4 Å². The molecule has 0 aliphatic carbocycles. The highest BCUT2D eigenvalue weighted by Gasteiger charge is 2.15. The molecular formula is C24H41FN2O3. The number of hydrogen-bond acceptors (Lipinski definition) is 3. The molecular weight excluding hydrogens is 383 g/mol. The summed E-state index contributed by atoms with van der Waals surface area (Å²) < 4.78 is 20.6. The van der Waals surface area contributed by atoms with Crippen molar-refractivity contribution in [3.05, 3.63) is 23.8 Å². The van der Waals surface area contributed by atoms with E-state index in [1.807, 2.05) is 0 Å². The number of ether oxygens (including phenoxy) is 1. The number of amides is 1. The van der Waals surface area contributed by atoms with Gasteiger partial charge in [0.2, 0.25) is 5.91 Å². The molecule has 0 N–H and O–H groups in total. The number of hydrogen-bond donors (Lipinski definition) is 0. The van der Waals surface area contributed by atoms with Crippen LogP contribution in [0, 0.1) is 5.82 Å². The summed E-state index contributed by atoms with van der Waals surface area (Å²) >= 11 is 0. The predicted molar refractivity (Wildman–Crippen MR) is 119 cm³/mol. The Labute approximate surface area is 182 Å². The van der Waals surface area contributed by atoms with Crippen molar-refractivity contribution in [1.29, 1.82) is 0 Å². The quantitative estimate of drug-likeness (QED) is 0.245. The second-order valence-electron chi connectivity index (χ2n) is 8.14. The molecule has 0 aromatic carbocycles. The number of halogens is 1. The van der Waals surface area contributed by atoms with Crippen LogP contribution in [0.5, 0.6) is 0 Å². The lowest BCUT2D eigenvalue weighted by atomic mass is 10.0. The molecule has 1 heterocycles. The lowest BCUT2D eigenvalue weighted by molar-refractivity contribution is -0.148. The van der Waals surface area contributed by atoms with Gasteiger partial charge in [-0.2, -0.15) is 0 Å². The third kappa shape index (κ3) is 11.4. The van der Waals surface area contributed by atoms with Gasteiger partial charge in [0.25, 0.3) is 0 Å². The minimum Gasteiger partial charge on any atom is -0.465 e. The van der Waals surface area contributed by atoms with Crippen LogP contribution < -0.4 is 0 Å². The first kappa shape index (κ1) is 26.2. The van der Waals surface area contributed by atoms with E-state index in [0.29, 0.717) is 12.0 Å². The fourth-order valence-corrected chi connectivity index (χ4v) is 3.55. The minimum absolute atomic E-state index is 0.0189. The number of carbonyl (C=O) groups excluding carboxylic acids is 2. The Bertz CT molecular complexity index is 616. The predicted octanol–water partition coefficient (Wildman–Crippen LogP) is 5.50. The summed E-state index contributed by atoms with van der Waals surface area (Å²) in [5, 5.41) is 0. The highest BCUT2D eigenvalue weighted by atomic mass is 19.1. The van der Waals surface area contributed by atoms with Crippen LogP contribution in [0.4, 0.5) is 4.39 Å². The molecule has 0 saturated carbocycles. The average molecular weight is 425 g/mol. The Morgan fingerprint density at radius 3 is 2.07 bits per heavy atom.